The second-order valence-electron chi connectivity index (χ2n) is 4.17. The summed E-state index contributed by atoms with van der Waals surface area (Å²) >= 11 is 12.6. The number of halogens is 4. The van der Waals surface area contributed by atoms with Gasteiger partial charge in [0.25, 0.3) is 0 Å². The molecule has 0 aliphatic rings. The predicted molar refractivity (Wildman–Crippen MR) is 85.3 cm³/mol. The molecule has 0 bridgehead atoms. The van der Waals surface area contributed by atoms with Crippen molar-refractivity contribution in [3.8, 4) is 0 Å². The van der Waals surface area contributed by atoms with Crippen LogP contribution >= 0.6 is 43.5 Å². The lowest BCUT2D eigenvalue weighted by Gasteiger charge is -2.16. The maximum atomic E-state index is 13.2. The largest absolute Gasteiger partial charge is 0.378 e. The molecule has 0 saturated heterocycles. The Bertz CT molecular complexity index is 604. The average Bonchev–Trinajstić information content (AvgIpc) is 2.37. The highest BCUT2D eigenvalue weighted by molar-refractivity contribution is 9.10. The van der Waals surface area contributed by atoms with Crippen LogP contribution in [0, 0.1) is 5.82 Å². The Balaban J connectivity index is 2.17. The lowest BCUT2D eigenvalue weighted by molar-refractivity contribution is 0.619. The second-order valence-corrected chi connectivity index (χ2v) is 6.28. The van der Waals surface area contributed by atoms with E-state index in [1.165, 1.54) is 6.07 Å². The van der Waals surface area contributed by atoms with Gasteiger partial charge in [0.05, 0.1) is 9.50 Å². The number of nitrogens with one attached hydrogen (secondary N) is 1. The molecule has 100 valence electrons. The topological polar surface area (TPSA) is 12.0 Å². The zero-order chi connectivity index (χ0) is 14.0. The van der Waals surface area contributed by atoms with Gasteiger partial charge in [-0.2, -0.15) is 0 Å². The predicted octanol–water partition coefficient (Wildman–Crippen LogP) is 6.18. The Kier molecular flexibility index (Phi) is 4.87. The first-order valence-electron chi connectivity index (χ1n) is 5.64. The van der Waals surface area contributed by atoms with E-state index in [1.807, 2.05) is 25.1 Å². The zero-order valence-electron chi connectivity index (χ0n) is 10.1. The number of anilines is 1. The monoisotopic (exact) mass is 405 g/mol. The highest BCUT2D eigenvalue weighted by Crippen LogP contribution is 2.28. The van der Waals surface area contributed by atoms with E-state index in [-0.39, 0.29) is 11.9 Å². The molecule has 1 nitrogen and oxygen atoms in total. The molecule has 0 fully saturated rings. The molecule has 0 amide bonds. The van der Waals surface area contributed by atoms with E-state index in [4.69, 9.17) is 11.6 Å². The minimum atomic E-state index is -0.261. The first kappa shape index (κ1) is 14.8. The van der Waals surface area contributed by atoms with Crippen molar-refractivity contribution < 1.29 is 4.39 Å². The second kappa shape index (κ2) is 6.25. The molecule has 0 aliphatic carbocycles. The summed E-state index contributed by atoms with van der Waals surface area (Å²) in [7, 11) is 0. The molecule has 0 saturated carbocycles. The van der Waals surface area contributed by atoms with Crippen LogP contribution < -0.4 is 5.32 Å². The van der Waals surface area contributed by atoms with E-state index in [1.54, 1.807) is 12.1 Å². The maximum Gasteiger partial charge on any atom is 0.137 e. The average molecular weight is 408 g/mol. The molecule has 2 aromatic carbocycles. The third-order valence-corrected chi connectivity index (χ3v) is 4.59. The summed E-state index contributed by atoms with van der Waals surface area (Å²) in [5, 5.41) is 3.97. The van der Waals surface area contributed by atoms with Crippen LogP contribution in [0.15, 0.2) is 45.3 Å². The third-order valence-electron chi connectivity index (χ3n) is 2.75. The molecular weight excluding hydrogens is 396 g/mol. The van der Waals surface area contributed by atoms with Gasteiger partial charge in [0, 0.05) is 16.2 Å². The van der Waals surface area contributed by atoms with Gasteiger partial charge >= 0.3 is 0 Å². The summed E-state index contributed by atoms with van der Waals surface area (Å²) in [6.07, 6.45) is 0. The summed E-state index contributed by atoms with van der Waals surface area (Å²) in [6.45, 7) is 2.01. The van der Waals surface area contributed by atoms with Gasteiger partial charge in [-0.05, 0) is 74.7 Å². The first-order valence-corrected chi connectivity index (χ1v) is 7.60. The number of hydrogen-bond donors (Lipinski definition) is 1. The van der Waals surface area contributed by atoms with Crippen molar-refractivity contribution in [2.75, 3.05) is 5.32 Å². The molecule has 0 heterocycles. The van der Waals surface area contributed by atoms with Crippen LogP contribution in [0.5, 0.6) is 0 Å². The number of rotatable bonds is 3. The first-order chi connectivity index (χ1) is 8.97. The molecule has 0 spiro atoms. The van der Waals surface area contributed by atoms with E-state index < -0.39 is 0 Å². The Labute approximate surface area is 133 Å². The molecular formula is C14H11Br2ClFN. The van der Waals surface area contributed by atoms with E-state index in [2.05, 4.69) is 37.2 Å². The third kappa shape index (κ3) is 3.71. The van der Waals surface area contributed by atoms with Crippen molar-refractivity contribution in [2.24, 2.45) is 0 Å². The Morgan fingerprint density at radius 1 is 1.11 bits per heavy atom. The summed E-state index contributed by atoms with van der Waals surface area (Å²) in [5.74, 6) is -0.261. The standard InChI is InChI=1S/C14H11Br2ClFN/c1-8(9-2-5-14(18)12(16)6-9)19-10-3-4-11(15)13(17)7-10/h2-8,19H,1H3. The normalized spacial score (nSPS) is 12.3. The van der Waals surface area contributed by atoms with Gasteiger partial charge in [0.15, 0.2) is 0 Å². The minimum absolute atomic E-state index is 0.0501. The Hall–Kier alpha value is -0.580. The zero-order valence-corrected chi connectivity index (χ0v) is 14.0. The van der Waals surface area contributed by atoms with Crippen molar-refractivity contribution in [3.63, 3.8) is 0 Å². The molecule has 0 aliphatic heterocycles. The fourth-order valence-electron chi connectivity index (χ4n) is 1.70. The van der Waals surface area contributed by atoms with Gasteiger partial charge in [-0.15, -0.1) is 0 Å². The highest BCUT2D eigenvalue weighted by atomic mass is 79.9. The van der Waals surface area contributed by atoms with E-state index in [0.717, 1.165) is 15.7 Å². The lowest BCUT2D eigenvalue weighted by Crippen LogP contribution is -2.06. The van der Waals surface area contributed by atoms with Crippen LogP contribution in [0.25, 0.3) is 0 Å². The quantitative estimate of drug-likeness (QED) is 0.641. The van der Waals surface area contributed by atoms with Crippen molar-refractivity contribution in [3.05, 3.63) is 61.7 Å². The molecule has 1 unspecified atom stereocenters. The number of benzene rings is 2. The highest BCUT2D eigenvalue weighted by Gasteiger charge is 2.09. The van der Waals surface area contributed by atoms with Crippen LogP contribution in [-0.4, -0.2) is 0 Å². The van der Waals surface area contributed by atoms with Crippen molar-refractivity contribution >= 4 is 49.1 Å². The smallest absolute Gasteiger partial charge is 0.137 e. The molecule has 2 aromatic rings. The van der Waals surface area contributed by atoms with Crippen LogP contribution in [0.3, 0.4) is 0 Å². The minimum Gasteiger partial charge on any atom is -0.378 e. The SMILES string of the molecule is CC(Nc1ccc(Br)c(Cl)c1)c1ccc(F)c(Br)c1. The van der Waals surface area contributed by atoms with Gasteiger partial charge in [-0.3, -0.25) is 0 Å². The Morgan fingerprint density at radius 3 is 2.47 bits per heavy atom. The Morgan fingerprint density at radius 2 is 1.84 bits per heavy atom. The van der Waals surface area contributed by atoms with Crippen LogP contribution in [-0.2, 0) is 0 Å². The van der Waals surface area contributed by atoms with Gasteiger partial charge in [-0.1, -0.05) is 17.7 Å². The number of hydrogen-bond acceptors (Lipinski definition) is 1. The van der Waals surface area contributed by atoms with Crippen molar-refractivity contribution in [1.82, 2.24) is 0 Å². The molecule has 1 atom stereocenters. The molecule has 19 heavy (non-hydrogen) atoms. The van der Waals surface area contributed by atoms with Crippen LogP contribution in [0.1, 0.15) is 18.5 Å². The van der Waals surface area contributed by atoms with Crippen LogP contribution in [0.4, 0.5) is 10.1 Å². The fraction of sp³-hybridized carbons (Fsp3) is 0.143. The summed E-state index contributed by atoms with van der Waals surface area (Å²) in [4.78, 5) is 0. The van der Waals surface area contributed by atoms with E-state index >= 15 is 0 Å². The van der Waals surface area contributed by atoms with E-state index in [9.17, 15) is 4.39 Å². The molecule has 2 rings (SSSR count). The van der Waals surface area contributed by atoms with Gasteiger partial charge in [-0.25, -0.2) is 4.39 Å². The van der Waals surface area contributed by atoms with E-state index in [0.29, 0.717) is 9.50 Å². The maximum absolute atomic E-state index is 13.2. The molecule has 5 heteroatoms. The van der Waals surface area contributed by atoms with Crippen molar-refractivity contribution in [1.29, 1.82) is 0 Å². The van der Waals surface area contributed by atoms with Gasteiger partial charge in [0.1, 0.15) is 5.82 Å². The summed E-state index contributed by atoms with van der Waals surface area (Å²) in [5.41, 5.74) is 1.91. The van der Waals surface area contributed by atoms with Gasteiger partial charge in [0.2, 0.25) is 0 Å². The molecule has 1 N–H and O–H groups in total. The molecule has 0 aromatic heterocycles. The van der Waals surface area contributed by atoms with Crippen molar-refractivity contribution in [2.45, 2.75) is 13.0 Å². The van der Waals surface area contributed by atoms with Gasteiger partial charge < -0.3 is 5.32 Å². The summed E-state index contributed by atoms with van der Waals surface area (Å²) < 4.78 is 14.5. The summed E-state index contributed by atoms with van der Waals surface area (Å²) in [6, 6.07) is 10.7. The lowest BCUT2D eigenvalue weighted by atomic mass is 10.1. The van der Waals surface area contributed by atoms with Crippen LogP contribution in [0.2, 0.25) is 5.02 Å². The molecule has 0 radical (unpaired) electrons. The fourth-order valence-corrected chi connectivity index (χ4v) is 2.52.